The lowest BCUT2D eigenvalue weighted by atomic mass is 10.1. The molecule has 0 aliphatic rings. The summed E-state index contributed by atoms with van der Waals surface area (Å²) in [4.78, 5) is 9.71. The Balaban J connectivity index is 2.89. The molecule has 1 rings (SSSR count). The summed E-state index contributed by atoms with van der Waals surface area (Å²) in [6.45, 7) is 1.18. The maximum Gasteiger partial charge on any atom is 0.417 e. The van der Waals surface area contributed by atoms with E-state index in [-0.39, 0.29) is 11.1 Å². The topological polar surface area (TPSA) is 26.3 Å². The molecule has 0 bridgehead atoms. The highest BCUT2D eigenvalue weighted by atomic mass is 79.9. The predicted molar refractivity (Wildman–Crippen MR) is 59.8 cm³/mol. The maximum absolute atomic E-state index is 12.5. The molecule has 1 aromatic rings. The normalized spacial score (nSPS) is 11.8. The molecular weight excluding hydrogens is 301 g/mol. The lowest BCUT2D eigenvalue weighted by Gasteiger charge is -2.09. The van der Waals surface area contributed by atoms with Crippen LogP contribution in [0, 0.1) is 0 Å². The SMILES string of the molecule is O=[C]OC/C=C/c1ccc(Br)c(C(F)(F)F)c1. The van der Waals surface area contributed by atoms with Crippen LogP contribution in [0.15, 0.2) is 28.7 Å². The average Bonchev–Trinajstić information content (AvgIpc) is 2.25. The lowest BCUT2D eigenvalue weighted by Crippen LogP contribution is -2.06. The standard InChI is InChI=1S/C11H7BrF3O2/c12-10-4-3-8(2-1-5-17-7-16)6-9(10)11(13,14)15/h1-4,6H,5H2/b2-1+. The summed E-state index contributed by atoms with van der Waals surface area (Å²) in [5.41, 5.74) is -0.377. The van der Waals surface area contributed by atoms with E-state index in [0.717, 1.165) is 6.07 Å². The molecule has 0 aromatic heterocycles. The number of ether oxygens (including phenoxy) is 1. The van der Waals surface area contributed by atoms with Gasteiger partial charge in [-0.25, -0.2) is 4.79 Å². The molecule has 0 spiro atoms. The first kappa shape index (κ1) is 13.8. The monoisotopic (exact) mass is 307 g/mol. The van der Waals surface area contributed by atoms with Crippen LogP contribution in [0.5, 0.6) is 0 Å². The van der Waals surface area contributed by atoms with Crippen LogP contribution in [0.1, 0.15) is 11.1 Å². The van der Waals surface area contributed by atoms with Gasteiger partial charge in [0, 0.05) is 4.47 Å². The van der Waals surface area contributed by atoms with Crippen molar-refractivity contribution in [3.8, 4) is 0 Å². The number of hydrogen-bond acceptors (Lipinski definition) is 2. The molecule has 0 aliphatic heterocycles. The van der Waals surface area contributed by atoms with E-state index < -0.39 is 11.7 Å². The van der Waals surface area contributed by atoms with Gasteiger partial charge in [-0.05, 0) is 23.8 Å². The van der Waals surface area contributed by atoms with Crippen LogP contribution in [0.25, 0.3) is 6.08 Å². The second kappa shape index (κ2) is 5.86. The van der Waals surface area contributed by atoms with Gasteiger partial charge in [-0.1, -0.05) is 28.1 Å². The van der Waals surface area contributed by atoms with Crippen LogP contribution >= 0.6 is 15.9 Å². The molecule has 2 nitrogen and oxygen atoms in total. The Bertz CT molecular complexity index is 427. The van der Waals surface area contributed by atoms with Gasteiger partial charge >= 0.3 is 12.6 Å². The minimum absolute atomic E-state index is 0.0142. The number of carbonyl (C=O) groups excluding carboxylic acids is 1. The fourth-order valence-electron chi connectivity index (χ4n) is 1.13. The highest BCUT2D eigenvalue weighted by Crippen LogP contribution is 2.35. The van der Waals surface area contributed by atoms with Crippen molar-refractivity contribution in [2.75, 3.05) is 6.61 Å². The Morgan fingerprint density at radius 1 is 1.41 bits per heavy atom. The van der Waals surface area contributed by atoms with E-state index in [0.29, 0.717) is 5.56 Å². The molecule has 1 aromatic carbocycles. The third-order valence-corrected chi connectivity index (χ3v) is 2.54. The quantitative estimate of drug-likeness (QED) is 0.795. The summed E-state index contributed by atoms with van der Waals surface area (Å²) in [6, 6.07) is 3.83. The van der Waals surface area contributed by atoms with Crippen molar-refractivity contribution in [2.24, 2.45) is 0 Å². The zero-order valence-corrected chi connectivity index (χ0v) is 10.0. The van der Waals surface area contributed by atoms with Gasteiger partial charge in [-0.15, -0.1) is 0 Å². The van der Waals surface area contributed by atoms with Gasteiger partial charge in [0.15, 0.2) is 0 Å². The van der Waals surface area contributed by atoms with Crippen molar-refractivity contribution in [3.63, 3.8) is 0 Å². The first-order valence-electron chi connectivity index (χ1n) is 4.47. The number of benzene rings is 1. The van der Waals surface area contributed by atoms with Crippen LogP contribution in [-0.4, -0.2) is 13.1 Å². The molecular formula is C11H7BrF3O2. The first-order chi connectivity index (χ1) is 7.95. The zero-order valence-electron chi connectivity index (χ0n) is 8.42. The van der Waals surface area contributed by atoms with Crippen LogP contribution in [-0.2, 0) is 15.7 Å². The smallest absolute Gasteiger partial charge is 0.417 e. The van der Waals surface area contributed by atoms with Crippen LogP contribution in [0.4, 0.5) is 13.2 Å². The minimum atomic E-state index is -4.41. The molecule has 0 saturated heterocycles. The van der Waals surface area contributed by atoms with Crippen molar-refractivity contribution in [3.05, 3.63) is 39.9 Å². The molecule has 0 saturated carbocycles. The molecule has 0 amide bonds. The fourth-order valence-corrected chi connectivity index (χ4v) is 1.60. The third-order valence-electron chi connectivity index (χ3n) is 1.84. The maximum atomic E-state index is 12.5. The molecule has 0 N–H and O–H groups in total. The highest BCUT2D eigenvalue weighted by Gasteiger charge is 2.32. The third kappa shape index (κ3) is 4.22. The van der Waals surface area contributed by atoms with Crippen LogP contribution < -0.4 is 0 Å². The van der Waals surface area contributed by atoms with Gasteiger partial charge in [-0.3, -0.25) is 0 Å². The number of alkyl halides is 3. The summed E-state index contributed by atoms with van der Waals surface area (Å²) in [5, 5.41) is 0. The predicted octanol–water partition coefficient (Wildman–Crippen LogP) is 3.56. The number of hydrogen-bond donors (Lipinski definition) is 0. The Morgan fingerprint density at radius 2 is 2.12 bits per heavy atom. The van der Waals surface area contributed by atoms with E-state index in [9.17, 15) is 18.0 Å². The molecule has 0 aliphatic carbocycles. The Morgan fingerprint density at radius 3 is 2.71 bits per heavy atom. The van der Waals surface area contributed by atoms with E-state index in [1.54, 1.807) is 0 Å². The van der Waals surface area contributed by atoms with Gasteiger partial charge in [-0.2, -0.15) is 13.2 Å². The molecule has 1 radical (unpaired) electrons. The van der Waals surface area contributed by atoms with Crippen LogP contribution in [0.2, 0.25) is 0 Å². The summed E-state index contributed by atoms with van der Waals surface area (Å²) in [6.07, 6.45) is -1.55. The van der Waals surface area contributed by atoms with Gasteiger partial charge in [0.05, 0.1) is 5.56 Å². The molecule has 0 heterocycles. The Hall–Kier alpha value is -1.30. The van der Waals surface area contributed by atoms with Crippen molar-refractivity contribution in [1.29, 1.82) is 0 Å². The van der Waals surface area contributed by atoms with Gasteiger partial charge < -0.3 is 4.74 Å². The fraction of sp³-hybridized carbons (Fsp3) is 0.182. The molecule has 0 atom stereocenters. The number of halogens is 4. The minimum Gasteiger partial charge on any atom is -0.453 e. The highest BCUT2D eigenvalue weighted by molar-refractivity contribution is 9.10. The van der Waals surface area contributed by atoms with E-state index >= 15 is 0 Å². The van der Waals surface area contributed by atoms with Crippen molar-refractivity contribution >= 4 is 28.5 Å². The molecule has 91 valence electrons. The first-order valence-corrected chi connectivity index (χ1v) is 5.26. The van der Waals surface area contributed by atoms with Gasteiger partial charge in [0.1, 0.15) is 6.61 Å². The Labute approximate surface area is 104 Å². The summed E-state index contributed by atoms with van der Waals surface area (Å²) in [5.74, 6) is 0. The molecule has 6 heteroatoms. The lowest BCUT2D eigenvalue weighted by molar-refractivity contribution is -0.138. The average molecular weight is 308 g/mol. The van der Waals surface area contributed by atoms with E-state index in [2.05, 4.69) is 20.7 Å². The van der Waals surface area contributed by atoms with Crippen molar-refractivity contribution < 1.29 is 22.7 Å². The van der Waals surface area contributed by atoms with Crippen molar-refractivity contribution in [2.45, 2.75) is 6.18 Å². The second-order valence-electron chi connectivity index (χ2n) is 3.03. The van der Waals surface area contributed by atoms with Crippen LogP contribution in [0.3, 0.4) is 0 Å². The summed E-state index contributed by atoms with van der Waals surface area (Å²) < 4.78 is 41.9. The molecule has 0 fully saturated rings. The summed E-state index contributed by atoms with van der Waals surface area (Å²) >= 11 is 2.84. The largest absolute Gasteiger partial charge is 0.453 e. The van der Waals surface area contributed by atoms with E-state index in [1.165, 1.54) is 30.8 Å². The van der Waals surface area contributed by atoms with E-state index in [1.807, 2.05) is 0 Å². The Kier molecular flexibility index (Phi) is 4.74. The second-order valence-corrected chi connectivity index (χ2v) is 3.89. The molecule has 0 unspecified atom stereocenters. The zero-order chi connectivity index (χ0) is 12.9. The van der Waals surface area contributed by atoms with Crippen molar-refractivity contribution in [1.82, 2.24) is 0 Å². The number of rotatable bonds is 4. The summed E-state index contributed by atoms with van der Waals surface area (Å²) in [7, 11) is 0. The van der Waals surface area contributed by atoms with Gasteiger partial charge in [0.2, 0.25) is 0 Å². The van der Waals surface area contributed by atoms with E-state index in [4.69, 9.17) is 0 Å². The molecule has 17 heavy (non-hydrogen) atoms. The van der Waals surface area contributed by atoms with Gasteiger partial charge in [0.25, 0.3) is 0 Å².